The fourth-order valence-corrected chi connectivity index (χ4v) is 1.57. The van der Waals surface area contributed by atoms with Crippen LogP contribution in [0.5, 0.6) is 0 Å². The van der Waals surface area contributed by atoms with Crippen molar-refractivity contribution in [3.05, 3.63) is 42.5 Å². The van der Waals surface area contributed by atoms with Crippen LogP contribution in [-0.2, 0) is 6.42 Å². The van der Waals surface area contributed by atoms with Crippen molar-refractivity contribution in [2.24, 2.45) is 5.84 Å². The maximum absolute atomic E-state index is 5.31. The number of anilines is 2. The number of nitrogen functional groups attached to an aromatic ring is 1. The summed E-state index contributed by atoms with van der Waals surface area (Å²) in [5, 5.41) is 0. The lowest BCUT2D eigenvalue weighted by atomic mass is 10.2. The van der Waals surface area contributed by atoms with Crippen molar-refractivity contribution in [1.29, 1.82) is 0 Å². The van der Waals surface area contributed by atoms with Gasteiger partial charge in [0.25, 0.3) is 0 Å². The zero-order chi connectivity index (χ0) is 12.8. The Hall–Kier alpha value is -2.21. The maximum Gasteiger partial charge on any atom is 0.160 e. The van der Waals surface area contributed by atoms with Crippen molar-refractivity contribution < 1.29 is 0 Å². The molecule has 3 N–H and O–H groups in total. The zero-order valence-corrected chi connectivity index (χ0v) is 10.2. The van der Waals surface area contributed by atoms with Crippen LogP contribution in [0.15, 0.2) is 36.9 Å². The molecule has 0 bridgehead atoms. The molecule has 94 valence electrons. The van der Waals surface area contributed by atoms with Crippen molar-refractivity contribution in [3.63, 3.8) is 0 Å². The Morgan fingerprint density at radius 2 is 2.00 bits per heavy atom. The molecule has 0 aliphatic heterocycles. The quantitative estimate of drug-likeness (QED) is 0.599. The van der Waals surface area contributed by atoms with Crippen LogP contribution in [0, 0.1) is 0 Å². The molecule has 0 aliphatic carbocycles. The molecule has 2 rings (SSSR count). The molecule has 0 aliphatic rings. The molecule has 0 radical (unpaired) electrons. The van der Waals surface area contributed by atoms with Crippen LogP contribution in [-0.4, -0.2) is 28.5 Å². The molecule has 2 aromatic rings. The van der Waals surface area contributed by atoms with E-state index in [1.807, 2.05) is 24.1 Å². The Kier molecular flexibility index (Phi) is 4.03. The van der Waals surface area contributed by atoms with Crippen LogP contribution < -0.4 is 16.2 Å². The van der Waals surface area contributed by atoms with E-state index in [9.17, 15) is 0 Å². The highest BCUT2D eigenvalue weighted by Gasteiger charge is 2.04. The van der Waals surface area contributed by atoms with Gasteiger partial charge in [-0.1, -0.05) is 0 Å². The van der Waals surface area contributed by atoms with E-state index in [1.165, 1.54) is 5.56 Å². The second kappa shape index (κ2) is 5.92. The SMILES string of the molecule is CN(CCc1ccncc1)c1cncc(NN)n1. The third kappa shape index (κ3) is 3.14. The largest absolute Gasteiger partial charge is 0.358 e. The highest BCUT2D eigenvalue weighted by Crippen LogP contribution is 2.10. The van der Waals surface area contributed by atoms with Gasteiger partial charge in [-0.05, 0) is 24.1 Å². The first-order chi connectivity index (χ1) is 8.79. The number of aromatic nitrogens is 3. The van der Waals surface area contributed by atoms with Gasteiger partial charge in [0.2, 0.25) is 0 Å². The molecule has 0 atom stereocenters. The third-order valence-electron chi connectivity index (χ3n) is 2.65. The van der Waals surface area contributed by atoms with E-state index in [2.05, 4.69) is 20.4 Å². The van der Waals surface area contributed by atoms with Crippen LogP contribution in [0.3, 0.4) is 0 Å². The summed E-state index contributed by atoms with van der Waals surface area (Å²) in [7, 11) is 1.98. The number of likely N-dealkylation sites (N-methyl/N-ethyl adjacent to an activating group) is 1. The minimum absolute atomic E-state index is 0.559. The summed E-state index contributed by atoms with van der Waals surface area (Å²) in [5.74, 6) is 6.66. The van der Waals surface area contributed by atoms with Crippen LogP contribution in [0.25, 0.3) is 0 Å². The summed E-state index contributed by atoms with van der Waals surface area (Å²) < 4.78 is 0. The molecule has 0 fully saturated rings. The Balaban J connectivity index is 1.97. The molecule has 0 amide bonds. The number of nitrogens with two attached hydrogens (primary N) is 1. The first kappa shape index (κ1) is 12.3. The third-order valence-corrected chi connectivity index (χ3v) is 2.65. The van der Waals surface area contributed by atoms with Crippen LogP contribution >= 0.6 is 0 Å². The van der Waals surface area contributed by atoms with Gasteiger partial charge in [-0.25, -0.2) is 10.8 Å². The van der Waals surface area contributed by atoms with Gasteiger partial charge in [0, 0.05) is 26.0 Å². The average molecular weight is 244 g/mol. The summed E-state index contributed by atoms with van der Waals surface area (Å²) in [6, 6.07) is 4.02. The number of pyridine rings is 1. The van der Waals surface area contributed by atoms with Gasteiger partial charge < -0.3 is 10.3 Å². The van der Waals surface area contributed by atoms with E-state index < -0.39 is 0 Å². The topological polar surface area (TPSA) is 80.0 Å². The second-order valence-electron chi connectivity index (χ2n) is 3.93. The number of nitrogens with zero attached hydrogens (tertiary/aromatic N) is 4. The van der Waals surface area contributed by atoms with Crippen LogP contribution in [0.4, 0.5) is 11.6 Å². The lowest BCUT2D eigenvalue weighted by Gasteiger charge is -2.18. The monoisotopic (exact) mass is 244 g/mol. The number of hydrogen-bond acceptors (Lipinski definition) is 6. The number of hydrazine groups is 1. The summed E-state index contributed by atoms with van der Waals surface area (Å²) in [5.41, 5.74) is 3.74. The molecule has 0 unspecified atom stereocenters. The summed E-state index contributed by atoms with van der Waals surface area (Å²) in [6.45, 7) is 0.854. The fourth-order valence-electron chi connectivity index (χ4n) is 1.57. The van der Waals surface area contributed by atoms with Crippen LogP contribution in [0.1, 0.15) is 5.56 Å². The van der Waals surface area contributed by atoms with Crippen molar-refractivity contribution in [2.75, 3.05) is 23.9 Å². The normalized spacial score (nSPS) is 10.1. The molecular weight excluding hydrogens is 228 g/mol. The van der Waals surface area contributed by atoms with Crippen LogP contribution in [0.2, 0.25) is 0 Å². The molecular formula is C12H16N6. The van der Waals surface area contributed by atoms with E-state index in [4.69, 9.17) is 5.84 Å². The molecule has 2 heterocycles. The predicted molar refractivity (Wildman–Crippen MR) is 71.1 cm³/mol. The lowest BCUT2D eigenvalue weighted by molar-refractivity contribution is 0.853. The van der Waals surface area contributed by atoms with Gasteiger partial charge in [0.05, 0.1) is 12.4 Å². The van der Waals surface area contributed by atoms with Crippen molar-refractivity contribution in [1.82, 2.24) is 15.0 Å². The Morgan fingerprint density at radius 3 is 2.72 bits per heavy atom. The van der Waals surface area contributed by atoms with E-state index in [-0.39, 0.29) is 0 Å². The molecule has 2 aromatic heterocycles. The first-order valence-corrected chi connectivity index (χ1v) is 5.68. The summed E-state index contributed by atoms with van der Waals surface area (Å²) in [6.07, 6.45) is 7.83. The van der Waals surface area contributed by atoms with Gasteiger partial charge in [-0.15, -0.1) is 0 Å². The van der Waals surface area contributed by atoms with E-state index in [0.717, 1.165) is 18.8 Å². The first-order valence-electron chi connectivity index (χ1n) is 5.68. The van der Waals surface area contributed by atoms with Crippen molar-refractivity contribution >= 4 is 11.6 Å². The molecule has 0 spiro atoms. The lowest BCUT2D eigenvalue weighted by Crippen LogP contribution is -2.22. The second-order valence-corrected chi connectivity index (χ2v) is 3.93. The van der Waals surface area contributed by atoms with Crippen molar-refractivity contribution in [3.8, 4) is 0 Å². The van der Waals surface area contributed by atoms with Gasteiger partial charge in [-0.3, -0.25) is 9.97 Å². The Morgan fingerprint density at radius 1 is 1.22 bits per heavy atom. The zero-order valence-electron chi connectivity index (χ0n) is 10.2. The molecule has 6 nitrogen and oxygen atoms in total. The standard InChI is InChI=1S/C12H16N6/c1-18(7-4-10-2-5-14-6-3-10)12-9-15-8-11(16-12)17-13/h2-3,5-6,8-9H,4,7,13H2,1H3,(H,16,17). The van der Waals surface area contributed by atoms with Gasteiger partial charge >= 0.3 is 0 Å². The Bertz CT molecular complexity index is 487. The number of nitrogens with one attached hydrogen (secondary N) is 1. The van der Waals surface area contributed by atoms with E-state index in [1.54, 1.807) is 24.8 Å². The highest BCUT2D eigenvalue weighted by molar-refractivity contribution is 5.42. The van der Waals surface area contributed by atoms with E-state index in [0.29, 0.717) is 5.82 Å². The number of rotatable bonds is 5. The Labute approximate surface area is 106 Å². The van der Waals surface area contributed by atoms with Gasteiger partial charge in [-0.2, -0.15) is 0 Å². The summed E-state index contributed by atoms with van der Waals surface area (Å²) >= 11 is 0. The smallest absolute Gasteiger partial charge is 0.160 e. The fraction of sp³-hybridized carbons (Fsp3) is 0.250. The van der Waals surface area contributed by atoms with Gasteiger partial charge in [0.15, 0.2) is 5.82 Å². The molecule has 0 saturated carbocycles. The predicted octanol–water partition coefficient (Wildman–Crippen LogP) is 0.836. The molecule has 0 aromatic carbocycles. The maximum atomic E-state index is 5.31. The average Bonchev–Trinajstić information content (AvgIpc) is 2.46. The van der Waals surface area contributed by atoms with Gasteiger partial charge in [0.1, 0.15) is 5.82 Å². The van der Waals surface area contributed by atoms with Crippen molar-refractivity contribution in [2.45, 2.75) is 6.42 Å². The molecule has 0 saturated heterocycles. The minimum atomic E-state index is 0.559. The molecule has 6 heteroatoms. The minimum Gasteiger partial charge on any atom is -0.358 e. The number of hydrogen-bond donors (Lipinski definition) is 2. The highest BCUT2D eigenvalue weighted by atomic mass is 15.3. The van der Waals surface area contributed by atoms with E-state index >= 15 is 0 Å². The summed E-state index contributed by atoms with van der Waals surface area (Å²) in [4.78, 5) is 14.4. The molecule has 18 heavy (non-hydrogen) atoms.